The van der Waals surface area contributed by atoms with Crippen LogP contribution in [0, 0.1) is 0 Å². The molecule has 0 aliphatic heterocycles. The maximum Gasteiger partial charge on any atom is 0.252 e. The summed E-state index contributed by atoms with van der Waals surface area (Å²) in [5.41, 5.74) is -0.111. The summed E-state index contributed by atoms with van der Waals surface area (Å²) in [6.45, 7) is 0. The van der Waals surface area contributed by atoms with Crippen LogP contribution >= 0.6 is 23.2 Å². The quantitative estimate of drug-likeness (QED) is 0.594. The van der Waals surface area contributed by atoms with E-state index in [0.29, 0.717) is 11.1 Å². The molecule has 4 heteroatoms. The van der Waals surface area contributed by atoms with Gasteiger partial charge in [-0.15, -0.1) is 0 Å². The summed E-state index contributed by atoms with van der Waals surface area (Å²) in [6.07, 6.45) is 0. The molecule has 0 radical (unpaired) electrons. The Morgan fingerprint density at radius 1 is 1.33 bits per heavy atom. The van der Waals surface area contributed by atoms with Gasteiger partial charge in [-0.2, -0.15) is 0 Å². The van der Waals surface area contributed by atoms with Gasteiger partial charge in [-0.05, 0) is 29.3 Å². The Labute approximate surface area is 79.7 Å². The van der Waals surface area contributed by atoms with Crippen LogP contribution in [0.5, 0.6) is 0 Å². The van der Waals surface area contributed by atoms with Crippen LogP contribution in [0.1, 0.15) is 21.5 Å². The standard InChI is InChI=1S/C8H6Cl2O2/c9-7(11)5-1-2-6(4-3-5)8(10)12/h1-4,7,11H. The lowest BCUT2D eigenvalue weighted by molar-refractivity contribution is 0.108. The second-order valence-electron chi connectivity index (χ2n) is 2.23. The Kier molecular flexibility index (Phi) is 3.09. The third-order valence-corrected chi connectivity index (χ3v) is 1.88. The largest absolute Gasteiger partial charge is 0.373 e. The predicted molar refractivity (Wildman–Crippen MR) is 47.4 cm³/mol. The Morgan fingerprint density at radius 3 is 2.17 bits per heavy atom. The van der Waals surface area contributed by atoms with Gasteiger partial charge < -0.3 is 5.11 Å². The average Bonchev–Trinajstić information content (AvgIpc) is 2.04. The molecule has 0 aliphatic carbocycles. The van der Waals surface area contributed by atoms with Gasteiger partial charge in [0.05, 0.1) is 0 Å². The second kappa shape index (κ2) is 3.90. The molecule has 2 nitrogen and oxygen atoms in total. The van der Waals surface area contributed by atoms with Crippen molar-refractivity contribution in [2.45, 2.75) is 5.56 Å². The highest BCUT2D eigenvalue weighted by atomic mass is 35.5. The lowest BCUT2D eigenvalue weighted by Crippen LogP contribution is -1.91. The number of alkyl halides is 1. The monoisotopic (exact) mass is 204 g/mol. The summed E-state index contributed by atoms with van der Waals surface area (Å²) in [5.74, 6) is 0. The van der Waals surface area contributed by atoms with Crippen molar-refractivity contribution in [3.63, 3.8) is 0 Å². The van der Waals surface area contributed by atoms with Crippen molar-refractivity contribution in [3.8, 4) is 0 Å². The molecule has 0 aliphatic rings. The van der Waals surface area contributed by atoms with Crippen molar-refractivity contribution < 1.29 is 9.90 Å². The molecule has 0 saturated carbocycles. The van der Waals surface area contributed by atoms with Crippen molar-refractivity contribution in [1.82, 2.24) is 0 Å². The van der Waals surface area contributed by atoms with Crippen LogP contribution in [-0.2, 0) is 0 Å². The summed E-state index contributed by atoms with van der Waals surface area (Å²) >= 11 is 10.6. The van der Waals surface area contributed by atoms with Gasteiger partial charge in [-0.1, -0.05) is 23.7 Å². The number of halogens is 2. The van der Waals surface area contributed by atoms with E-state index in [1.165, 1.54) is 12.1 Å². The number of carbonyl (C=O) groups excluding carboxylic acids is 1. The highest BCUT2D eigenvalue weighted by molar-refractivity contribution is 6.67. The number of hydrogen-bond acceptors (Lipinski definition) is 2. The Bertz CT molecular complexity index is 280. The molecule has 0 spiro atoms. The average molecular weight is 205 g/mol. The van der Waals surface area contributed by atoms with Gasteiger partial charge >= 0.3 is 0 Å². The van der Waals surface area contributed by atoms with E-state index in [-0.39, 0.29) is 0 Å². The molecule has 1 rings (SSSR count). The second-order valence-corrected chi connectivity index (χ2v) is 2.99. The molecule has 0 saturated heterocycles. The maximum absolute atomic E-state index is 10.6. The van der Waals surface area contributed by atoms with Gasteiger partial charge in [-0.25, -0.2) is 0 Å². The third-order valence-electron chi connectivity index (χ3n) is 1.41. The van der Waals surface area contributed by atoms with Crippen molar-refractivity contribution in [2.75, 3.05) is 0 Å². The number of aliphatic hydroxyl groups is 1. The predicted octanol–water partition coefficient (Wildman–Crippen LogP) is 2.30. The van der Waals surface area contributed by atoms with Crippen molar-refractivity contribution in [3.05, 3.63) is 35.4 Å². The molecule has 0 heterocycles. The van der Waals surface area contributed by atoms with Gasteiger partial charge in [0.1, 0.15) is 0 Å². The molecule has 0 fully saturated rings. The lowest BCUT2D eigenvalue weighted by Gasteiger charge is -2.01. The van der Waals surface area contributed by atoms with E-state index in [1.54, 1.807) is 12.1 Å². The molecule has 0 bridgehead atoms. The summed E-state index contributed by atoms with van der Waals surface area (Å²) in [4.78, 5) is 10.6. The topological polar surface area (TPSA) is 37.3 Å². The number of carbonyl (C=O) groups is 1. The number of benzene rings is 1. The first kappa shape index (κ1) is 9.52. The Hall–Kier alpha value is -0.570. The van der Waals surface area contributed by atoms with Gasteiger partial charge in [-0.3, -0.25) is 4.79 Å². The van der Waals surface area contributed by atoms with Crippen LogP contribution in [0.4, 0.5) is 0 Å². The molecular formula is C8H6Cl2O2. The van der Waals surface area contributed by atoms with E-state index in [2.05, 4.69) is 0 Å². The molecule has 0 amide bonds. The molecule has 1 atom stereocenters. The minimum atomic E-state index is -1.04. The smallest absolute Gasteiger partial charge is 0.252 e. The maximum atomic E-state index is 10.6. The summed E-state index contributed by atoms with van der Waals surface area (Å²) in [7, 11) is 0. The van der Waals surface area contributed by atoms with Crippen molar-refractivity contribution in [1.29, 1.82) is 0 Å². The first-order valence-electron chi connectivity index (χ1n) is 3.23. The third kappa shape index (κ3) is 2.21. The normalized spacial score (nSPS) is 12.6. The molecule has 1 N–H and O–H groups in total. The molecule has 64 valence electrons. The molecule has 1 aromatic carbocycles. The zero-order valence-electron chi connectivity index (χ0n) is 6.00. The molecular weight excluding hydrogens is 199 g/mol. The van der Waals surface area contributed by atoms with E-state index < -0.39 is 10.8 Å². The fraction of sp³-hybridized carbons (Fsp3) is 0.125. The highest BCUT2D eigenvalue weighted by Gasteiger charge is 2.04. The molecule has 1 unspecified atom stereocenters. The Balaban J connectivity index is 2.93. The van der Waals surface area contributed by atoms with Crippen LogP contribution < -0.4 is 0 Å². The molecule has 1 aromatic rings. The van der Waals surface area contributed by atoms with Gasteiger partial charge in [0, 0.05) is 5.56 Å². The van der Waals surface area contributed by atoms with Crippen LogP contribution in [0.25, 0.3) is 0 Å². The summed E-state index contributed by atoms with van der Waals surface area (Å²) < 4.78 is 0. The van der Waals surface area contributed by atoms with Crippen LogP contribution in [-0.4, -0.2) is 10.3 Å². The van der Waals surface area contributed by atoms with Crippen LogP contribution in [0.3, 0.4) is 0 Å². The lowest BCUT2D eigenvalue weighted by atomic mass is 10.1. The fourth-order valence-corrected chi connectivity index (χ4v) is 1.04. The zero-order valence-corrected chi connectivity index (χ0v) is 7.51. The Morgan fingerprint density at radius 2 is 1.83 bits per heavy atom. The van der Waals surface area contributed by atoms with E-state index in [4.69, 9.17) is 28.3 Å². The van der Waals surface area contributed by atoms with E-state index >= 15 is 0 Å². The van der Waals surface area contributed by atoms with Crippen LogP contribution in [0.2, 0.25) is 0 Å². The first-order chi connectivity index (χ1) is 5.61. The summed E-state index contributed by atoms with van der Waals surface area (Å²) in [5, 5.41) is 8.38. The van der Waals surface area contributed by atoms with E-state index in [0.717, 1.165) is 0 Å². The van der Waals surface area contributed by atoms with Crippen LogP contribution in [0.15, 0.2) is 24.3 Å². The molecule has 12 heavy (non-hydrogen) atoms. The van der Waals surface area contributed by atoms with Gasteiger partial charge in [0.15, 0.2) is 5.56 Å². The molecule has 0 aromatic heterocycles. The number of aliphatic hydroxyl groups excluding tert-OH is 1. The first-order valence-corrected chi connectivity index (χ1v) is 4.04. The minimum Gasteiger partial charge on any atom is -0.373 e. The minimum absolute atomic E-state index is 0.387. The number of rotatable bonds is 2. The highest BCUT2D eigenvalue weighted by Crippen LogP contribution is 2.17. The van der Waals surface area contributed by atoms with Crippen molar-refractivity contribution >= 4 is 28.4 Å². The number of hydrogen-bond donors (Lipinski definition) is 1. The zero-order chi connectivity index (χ0) is 9.14. The SMILES string of the molecule is O=C(Cl)c1ccc(C(O)Cl)cc1. The van der Waals surface area contributed by atoms with Gasteiger partial charge in [0.2, 0.25) is 0 Å². The van der Waals surface area contributed by atoms with Crippen molar-refractivity contribution in [2.24, 2.45) is 0 Å². The fourth-order valence-electron chi connectivity index (χ4n) is 0.773. The van der Waals surface area contributed by atoms with Gasteiger partial charge in [0.25, 0.3) is 5.24 Å². The van der Waals surface area contributed by atoms with E-state index in [9.17, 15) is 4.79 Å². The van der Waals surface area contributed by atoms with E-state index in [1.807, 2.05) is 0 Å². The summed E-state index contributed by atoms with van der Waals surface area (Å²) in [6, 6.07) is 6.12.